The highest BCUT2D eigenvalue weighted by atomic mass is 35.5. The van der Waals surface area contributed by atoms with E-state index in [9.17, 15) is 9.59 Å². The fourth-order valence-electron chi connectivity index (χ4n) is 1.01. The second kappa shape index (κ2) is 6.93. The Bertz CT molecular complexity index is 454. The average molecular weight is 293 g/mol. The van der Waals surface area contributed by atoms with Gasteiger partial charge in [0.1, 0.15) is 19.0 Å². The SMILES string of the molecule is NC(=O)NC(=O)OCCOc1ccc(Cl)cc1Cl. The highest BCUT2D eigenvalue weighted by molar-refractivity contribution is 6.35. The van der Waals surface area contributed by atoms with Crippen molar-refractivity contribution in [3.8, 4) is 5.75 Å². The molecule has 0 bridgehead atoms. The summed E-state index contributed by atoms with van der Waals surface area (Å²) >= 11 is 11.6. The van der Waals surface area contributed by atoms with E-state index in [4.69, 9.17) is 33.7 Å². The largest absolute Gasteiger partial charge is 0.488 e. The molecule has 8 heteroatoms. The van der Waals surface area contributed by atoms with Crippen LogP contribution in [-0.4, -0.2) is 25.3 Å². The van der Waals surface area contributed by atoms with Crippen LogP contribution in [0.4, 0.5) is 9.59 Å². The number of primary amides is 1. The fourth-order valence-corrected chi connectivity index (χ4v) is 1.48. The standard InChI is InChI=1S/C10H10Cl2N2O4/c11-6-1-2-8(7(12)5-6)17-3-4-18-10(16)14-9(13)15/h1-2,5H,3-4H2,(H3,13,14,15,16). The maximum atomic E-state index is 10.8. The van der Waals surface area contributed by atoms with E-state index in [0.29, 0.717) is 15.8 Å². The van der Waals surface area contributed by atoms with Crippen molar-refractivity contribution in [1.29, 1.82) is 0 Å². The Morgan fingerprint density at radius 3 is 2.61 bits per heavy atom. The number of hydrogen-bond donors (Lipinski definition) is 2. The summed E-state index contributed by atoms with van der Waals surface area (Å²) in [6, 6.07) is 3.75. The summed E-state index contributed by atoms with van der Waals surface area (Å²) in [5.74, 6) is 0.417. The van der Waals surface area contributed by atoms with Crippen LogP contribution >= 0.6 is 23.2 Å². The predicted molar refractivity (Wildman–Crippen MR) is 66.0 cm³/mol. The molecule has 3 N–H and O–H groups in total. The van der Waals surface area contributed by atoms with Gasteiger partial charge in [-0.15, -0.1) is 0 Å². The number of carbonyl (C=O) groups excluding carboxylic acids is 2. The number of imide groups is 1. The van der Waals surface area contributed by atoms with Crippen LogP contribution in [0, 0.1) is 0 Å². The van der Waals surface area contributed by atoms with Crippen LogP contribution in [0.25, 0.3) is 0 Å². The Morgan fingerprint density at radius 2 is 2.00 bits per heavy atom. The lowest BCUT2D eigenvalue weighted by atomic mass is 10.3. The van der Waals surface area contributed by atoms with Gasteiger partial charge in [0.2, 0.25) is 0 Å². The summed E-state index contributed by atoms with van der Waals surface area (Å²) in [5.41, 5.74) is 4.71. The fraction of sp³-hybridized carbons (Fsp3) is 0.200. The number of nitrogens with two attached hydrogens (primary N) is 1. The van der Waals surface area contributed by atoms with Gasteiger partial charge in [0.15, 0.2) is 0 Å². The third-order valence-corrected chi connectivity index (χ3v) is 2.22. The molecule has 0 atom stereocenters. The van der Waals surface area contributed by atoms with Crippen LogP contribution in [0.5, 0.6) is 5.75 Å². The van der Waals surface area contributed by atoms with Crippen molar-refractivity contribution in [2.75, 3.05) is 13.2 Å². The third-order valence-electron chi connectivity index (χ3n) is 1.69. The van der Waals surface area contributed by atoms with Crippen LogP contribution in [0.15, 0.2) is 18.2 Å². The van der Waals surface area contributed by atoms with Crippen LogP contribution in [0.3, 0.4) is 0 Å². The van der Waals surface area contributed by atoms with Gasteiger partial charge < -0.3 is 15.2 Å². The normalized spacial score (nSPS) is 9.67. The summed E-state index contributed by atoms with van der Waals surface area (Å²) in [4.78, 5) is 21.1. The number of halogens is 2. The van der Waals surface area contributed by atoms with Crippen LogP contribution in [0.1, 0.15) is 0 Å². The molecule has 1 rings (SSSR count). The maximum absolute atomic E-state index is 10.8. The van der Waals surface area contributed by atoms with E-state index < -0.39 is 12.1 Å². The quantitative estimate of drug-likeness (QED) is 0.832. The van der Waals surface area contributed by atoms with E-state index >= 15 is 0 Å². The zero-order chi connectivity index (χ0) is 13.5. The number of urea groups is 1. The lowest BCUT2D eigenvalue weighted by Crippen LogP contribution is -2.36. The van der Waals surface area contributed by atoms with Crippen LogP contribution in [-0.2, 0) is 4.74 Å². The first-order valence-electron chi connectivity index (χ1n) is 4.80. The zero-order valence-corrected chi connectivity index (χ0v) is 10.6. The van der Waals surface area contributed by atoms with Crippen molar-refractivity contribution < 1.29 is 19.1 Å². The Kier molecular flexibility index (Phi) is 5.54. The molecular weight excluding hydrogens is 283 g/mol. The molecule has 0 heterocycles. The minimum absolute atomic E-state index is 0.0575. The highest BCUT2D eigenvalue weighted by Gasteiger charge is 2.05. The number of ether oxygens (including phenoxy) is 2. The monoisotopic (exact) mass is 292 g/mol. The van der Waals surface area contributed by atoms with Crippen molar-refractivity contribution in [1.82, 2.24) is 5.32 Å². The van der Waals surface area contributed by atoms with Gasteiger partial charge in [-0.05, 0) is 18.2 Å². The van der Waals surface area contributed by atoms with E-state index in [-0.39, 0.29) is 13.2 Å². The van der Waals surface area contributed by atoms with Gasteiger partial charge in [-0.2, -0.15) is 0 Å². The summed E-state index contributed by atoms with van der Waals surface area (Å²) in [6.07, 6.45) is -0.937. The second-order valence-corrected chi connectivity index (χ2v) is 3.89. The molecule has 6 nitrogen and oxygen atoms in total. The molecule has 0 saturated carbocycles. The van der Waals surface area contributed by atoms with Crippen molar-refractivity contribution in [2.45, 2.75) is 0 Å². The van der Waals surface area contributed by atoms with E-state index in [0.717, 1.165) is 0 Å². The number of alkyl carbamates (subject to hydrolysis) is 1. The lowest BCUT2D eigenvalue weighted by Gasteiger charge is -2.08. The molecule has 0 unspecified atom stereocenters. The molecular formula is C10H10Cl2N2O4. The van der Waals surface area contributed by atoms with Gasteiger partial charge in [-0.1, -0.05) is 23.2 Å². The van der Waals surface area contributed by atoms with E-state index in [1.165, 1.54) is 6.07 Å². The second-order valence-electron chi connectivity index (χ2n) is 3.05. The van der Waals surface area contributed by atoms with Crippen LogP contribution < -0.4 is 15.8 Å². The first-order valence-corrected chi connectivity index (χ1v) is 5.55. The van der Waals surface area contributed by atoms with Gasteiger partial charge in [0.05, 0.1) is 5.02 Å². The first kappa shape index (κ1) is 14.4. The smallest absolute Gasteiger partial charge is 0.415 e. The molecule has 0 spiro atoms. The Morgan fingerprint density at radius 1 is 1.28 bits per heavy atom. The summed E-state index contributed by atoms with van der Waals surface area (Å²) in [7, 11) is 0. The van der Waals surface area contributed by atoms with E-state index in [1.807, 2.05) is 0 Å². The summed E-state index contributed by atoms with van der Waals surface area (Å²) in [5, 5.41) is 2.58. The Balaban J connectivity index is 2.29. The van der Waals surface area contributed by atoms with Gasteiger partial charge >= 0.3 is 12.1 Å². The lowest BCUT2D eigenvalue weighted by molar-refractivity contribution is 0.127. The summed E-state index contributed by atoms with van der Waals surface area (Å²) in [6.45, 7) is 0.0194. The molecule has 1 aromatic carbocycles. The molecule has 3 amide bonds. The number of hydrogen-bond acceptors (Lipinski definition) is 4. The van der Waals surface area contributed by atoms with Gasteiger partial charge in [0, 0.05) is 5.02 Å². The Labute approximate surface area is 113 Å². The average Bonchev–Trinajstić information content (AvgIpc) is 2.25. The van der Waals surface area contributed by atoms with Gasteiger partial charge in [-0.25, -0.2) is 14.9 Å². The molecule has 0 aliphatic carbocycles. The number of rotatable bonds is 4. The van der Waals surface area contributed by atoms with Crippen LogP contribution in [0.2, 0.25) is 10.0 Å². The van der Waals surface area contributed by atoms with Gasteiger partial charge in [0.25, 0.3) is 0 Å². The maximum Gasteiger partial charge on any atom is 0.415 e. The van der Waals surface area contributed by atoms with Crippen molar-refractivity contribution in [3.63, 3.8) is 0 Å². The number of carbonyl (C=O) groups is 2. The molecule has 0 saturated heterocycles. The summed E-state index contributed by atoms with van der Waals surface area (Å²) < 4.78 is 9.83. The molecule has 18 heavy (non-hydrogen) atoms. The molecule has 0 aliphatic heterocycles. The molecule has 0 aliphatic rings. The predicted octanol–water partition coefficient (Wildman–Crippen LogP) is 2.18. The number of nitrogens with one attached hydrogen (secondary N) is 1. The van der Waals surface area contributed by atoms with E-state index in [1.54, 1.807) is 17.4 Å². The van der Waals surface area contributed by atoms with Crippen molar-refractivity contribution in [3.05, 3.63) is 28.2 Å². The van der Waals surface area contributed by atoms with E-state index in [2.05, 4.69) is 4.74 Å². The molecule has 1 aromatic rings. The first-order chi connectivity index (χ1) is 8.49. The Hall–Kier alpha value is -1.66. The van der Waals surface area contributed by atoms with Gasteiger partial charge in [-0.3, -0.25) is 0 Å². The number of benzene rings is 1. The molecule has 0 radical (unpaired) electrons. The van der Waals surface area contributed by atoms with Crippen molar-refractivity contribution in [2.24, 2.45) is 5.73 Å². The molecule has 0 fully saturated rings. The van der Waals surface area contributed by atoms with Crippen molar-refractivity contribution >= 4 is 35.3 Å². The number of amides is 3. The molecule has 0 aromatic heterocycles. The zero-order valence-electron chi connectivity index (χ0n) is 9.11. The minimum atomic E-state index is -0.985. The topological polar surface area (TPSA) is 90.7 Å². The minimum Gasteiger partial charge on any atom is -0.488 e. The third kappa shape index (κ3) is 5.11. The molecule has 98 valence electrons. The highest BCUT2D eigenvalue weighted by Crippen LogP contribution is 2.27.